The molecule has 0 aromatic heterocycles. The van der Waals surface area contributed by atoms with Gasteiger partial charge < -0.3 is 15.4 Å². The maximum absolute atomic E-state index is 12.0. The molecule has 1 aliphatic heterocycles. The number of nitrogens with two attached hydrogens (primary N) is 1. The van der Waals surface area contributed by atoms with Gasteiger partial charge in [0.15, 0.2) is 0 Å². The number of likely N-dealkylation sites (N-methyl/N-ethyl adjacent to an activating group) is 1. The smallest absolute Gasteiger partial charge is 0.251 e. The molecule has 2 N–H and O–H groups in total. The highest BCUT2D eigenvalue weighted by atomic mass is 16.5. The fourth-order valence-electron chi connectivity index (χ4n) is 2.02. The van der Waals surface area contributed by atoms with Crippen molar-refractivity contribution in [3.05, 3.63) is 0 Å². The van der Waals surface area contributed by atoms with E-state index < -0.39 is 0 Å². The van der Waals surface area contributed by atoms with Crippen molar-refractivity contribution in [3.8, 4) is 0 Å². The summed E-state index contributed by atoms with van der Waals surface area (Å²) in [5, 5.41) is 0. The molecule has 0 aromatic carbocycles. The second-order valence-electron chi connectivity index (χ2n) is 5.47. The summed E-state index contributed by atoms with van der Waals surface area (Å²) in [5.74, 6) is 0.562. The molecule has 0 aliphatic carbocycles. The van der Waals surface area contributed by atoms with Gasteiger partial charge >= 0.3 is 0 Å². The Labute approximate surface area is 104 Å². The first kappa shape index (κ1) is 14.5. The van der Waals surface area contributed by atoms with E-state index in [4.69, 9.17) is 10.5 Å². The maximum atomic E-state index is 12.0. The van der Waals surface area contributed by atoms with Gasteiger partial charge in [-0.1, -0.05) is 13.8 Å². The van der Waals surface area contributed by atoms with Crippen molar-refractivity contribution >= 4 is 5.91 Å². The van der Waals surface area contributed by atoms with Gasteiger partial charge in [0.25, 0.3) is 5.91 Å². The van der Waals surface area contributed by atoms with E-state index in [0.717, 1.165) is 19.3 Å². The van der Waals surface area contributed by atoms with Crippen molar-refractivity contribution in [1.29, 1.82) is 0 Å². The number of carbonyl (C=O) groups excluding carboxylic acids is 1. The molecule has 1 fully saturated rings. The maximum Gasteiger partial charge on any atom is 0.251 e. The Morgan fingerprint density at radius 2 is 2.12 bits per heavy atom. The third kappa shape index (κ3) is 4.28. The normalized spacial score (nSPS) is 26.2. The minimum absolute atomic E-state index is 0.102. The summed E-state index contributed by atoms with van der Waals surface area (Å²) in [5.41, 5.74) is 5.97. The van der Waals surface area contributed by atoms with Gasteiger partial charge in [-0.25, -0.2) is 0 Å². The fourth-order valence-corrected chi connectivity index (χ4v) is 2.02. The molecule has 17 heavy (non-hydrogen) atoms. The predicted octanol–water partition coefficient (Wildman–Crippen LogP) is 1.39. The highest BCUT2D eigenvalue weighted by Gasteiger charge is 2.30. The molecule has 1 aliphatic rings. The molecule has 1 rings (SSSR count). The minimum Gasteiger partial charge on any atom is -0.365 e. The molecule has 0 saturated carbocycles. The topological polar surface area (TPSA) is 55.6 Å². The lowest BCUT2D eigenvalue weighted by Crippen LogP contribution is -2.39. The number of hydrogen-bond donors (Lipinski definition) is 1. The van der Waals surface area contributed by atoms with Crippen LogP contribution in [-0.2, 0) is 9.53 Å². The Hall–Kier alpha value is -0.610. The first-order valence-electron chi connectivity index (χ1n) is 6.57. The number of hydrogen-bond acceptors (Lipinski definition) is 3. The van der Waals surface area contributed by atoms with E-state index in [0.29, 0.717) is 12.5 Å². The average Bonchev–Trinajstić information content (AvgIpc) is 2.70. The van der Waals surface area contributed by atoms with Crippen molar-refractivity contribution in [2.24, 2.45) is 11.7 Å². The number of nitrogens with zero attached hydrogens (tertiary/aromatic N) is 1. The summed E-state index contributed by atoms with van der Waals surface area (Å²) >= 11 is 0. The van der Waals surface area contributed by atoms with Crippen LogP contribution >= 0.6 is 0 Å². The largest absolute Gasteiger partial charge is 0.365 e. The average molecular weight is 242 g/mol. The number of ether oxygens (including phenoxy) is 1. The Kier molecular flexibility index (Phi) is 5.40. The second-order valence-corrected chi connectivity index (χ2v) is 5.47. The van der Waals surface area contributed by atoms with Crippen molar-refractivity contribution in [3.63, 3.8) is 0 Å². The third-order valence-corrected chi connectivity index (χ3v) is 3.54. The number of rotatable bonds is 5. The molecule has 4 nitrogen and oxygen atoms in total. The summed E-state index contributed by atoms with van der Waals surface area (Å²) in [7, 11) is 1.84. The summed E-state index contributed by atoms with van der Waals surface area (Å²) in [6.45, 7) is 6.94. The molecule has 4 heteroatoms. The van der Waals surface area contributed by atoms with E-state index in [1.807, 2.05) is 14.0 Å². The van der Waals surface area contributed by atoms with Crippen LogP contribution in [0.5, 0.6) is 0 Å². The highest BCUT2D eigenvalue weighted by molar-refractivity contribution is 5.80. The predicted molar refractivity (Wildman–Crippen MR) is 68.6 cm³/mol. The van der Waals surface area contributed by atoms with Crippen LogP contribution in [0.3, 0.4) is 0 Å². The molecular formula is C13H26N2O2. The zero-order chi connectivity index (χ0) is 13.0. The van der Waals surface area contributed by atoms with Gasteiger partial charge in [0, 0.05) is 19.6 Å². The van der Waals surface area contributed by atoms with Crippen LogP contribution in [-0.4, -0.2) is 42.6 Å². The molecule has 0 radical (unpaired) electrons. The first-order chi connectivity index (χ1) is 7.91. The molecule has 1 amide bonds. The zero-order valence-electron chi connectivity index (χ0n) is 11.5. The Morgan fingerprint density at radius 1 is 1.47 bits per heavy atom. The Morgan fingerprint density at radius 3 is 2.59 bits per heavy atom. The molecule has 0 bridgehead atoms. The van der Waals surface area contributed by atoms with Gasteiger partial charge in [0.2, 0.25) is 0 Å². The van der Waals surface area contributed by atoms with Crippen LogP contribution in [0.4, 0.5) is 0 Å². The van der Waals surface area contributed by atoms with Gasteiger partial charge in [-0.05, 0) is 32.1 Å². The summed E-state index contributed by atoms with van der Waals surface area (Å²) in [4.78, 5) is 13.8. The fraction of sp³-hybridized carbons (Fsp3) is 0.923. The van der Waals surface area contributed by atoms with Crippen molar-refractivity contribution in [1.82, 2.24) is 4.90 Å². The molecular weight excluding hydrogens is 216 g/mol. The molecule has 3 unspecified atom stereocenters. The van der Waals surface area contributed by atoms with E-state index in [9.17, 15) is 4.79 Å². The van der Waals surface area contributed by atoms with Crippen molar-refractivity contribution in [2.45, 2.75) is 58.3 Å². The Balaban J connectivity index is 2.32. The van der Waals surface area contributed by atoms with Crippen molar-refractivity contribution < 1.29 is 9.53 Å². The molecule has 100 valence electrons. The summed E-state index contributed by atoms with van der Waals surface area (Å²) < 4.78 is 5.58. The quantitative estimate of drug-likeness (QED) is 0.792. The lowest BCUT2D eigenvalue weighted by Gasteiger charge is -2.23. The lowest BCUT2D eigenvalue weighted by molar-refractivity contribution is -0.141. The van der Waals surface area contributed by atoms with E-state index in [-0.39, 0.29) is 24.2 Å². The van der Waals surface area contributed by atoms with Crippen LogP contribution in [0.1, 0.15) is 40.0 Å². The zero-order valence-corrected chi connectivity index (χ0v) is 11.5. The van der Waals surface area contributed by atoms with Gasteiger partial charge in [-0.15, -0.1) is 0 Å². The number of carbonyl (C=O) groups is 1. The van der Waals surface area contributed by atoms with E-state index in [1.165, 1.54) is 0 Å². The van der Waals surface area contributed by atoms with E-state index in [1.54, 1.807) is 4.90 Å². The standard InChI is InChI=1S/C13H26N2O2/c1-9(2)11(14)7-8-15(4)13(16)12-6-5-10(3)17-12/h9-12H,5-8,14H2,1-4H3. The van der Waals surface area contributed by atoms with Gasteiger partial charge in [-0.3, -0.25) is 4.79 Å². The molecule has 1 heterocycles. The second kappa shape index (κ2) is 6.36. The molecule has 1 saturated heterocycles. The summed E-state index contributed by atoms with van der Waals surface area (Å²) in [6.07, 6.45) is 2.67. The monoisotopic (exact) mass is 242 g/mol. The van der Waals surface area contributed by atoms with Crippen LogP contribution in [0.25, 0.3) is 0 Å². The van der Waals surface area contributed by atoms with E-state index >= 15 is 0 Å². The van der Waals surface area contributed by atoms with Crippen LogP contribution in [0, 0.1) is 5.92 Å². The van der Waals surface area contributed by atoms with Crippen LogP contribution in [0.2, 0.25) is 0 Å². The summed E-state index contributed by atoms with van der Waals surface area (Å²) in [6, 6.07) is 0.161. The van der Waals surface area contributed by atoms with Gasteiger partial charge in [0.05, 0.1) is 6.10 Å². The highest BCUT2D eigenvalue weighted by Crippen LogP contribution is 2.20. The molecule has 3 atom stereocenters. The van der Waals surface area contributed by atoms with Gasteiger partial charge in [-0.2, -0.15) is 0 Å². The van der Waals surface area contributed by atoms with E-state index in [2.05, 4.69) is 13.8 Å². The van der Waals surface area contributed by atoms with Gasteiger partial charge in [0.1, 0.15) is 6.10 Å². The lowest BCUT2D eigenvalue weighted by atomic mass is 10.0. The Bertz CT molecular complexity index is 256. The van der Waals surface area contributed by atoms with Crippen LogP contribution < -0.4 is 5.73 Å². The number of amides is 1. The first-order valence-corrected chi connectivity index (χ1v) is 6.57. The molecule has 0 aromatic rings. The minimum atomic E-state index is -0.231. The SMILES string of the molecule is CC1CCC(C(=O)N(C)CCC(N)C(C)C)O1. The van der Waals surface area contributed by atoms with Crippen molar-refractivity contribution in [2.75, 3.05) is 13.6 Å². The molecule has 0 spiro atoms. The van der Waals surface area contributed by atoms with Crippen LogP contribution in [0.15, 0.2) is 0 Å². The third-order valence-electron chi connectivity index (χ3n) is 3.54.